The van der Waals surface area contributed by atoms with Crippen molar-refractivity contribution in [3.63, 3.8) is 0 Å². The molecule has 2 heterocycles. The lowest BCUT2D eigenvalue weighted by atomic mass is 9.75. The molecule has 8 nitrogen and oxygen atoms in total. The summed E-state index contributed by atoms with van der Waals surface area (Å²) in [5.74, 6) is -0.116. The van der Waals surface area contributed by atoms with E-state index in [0.29, 0.717) is 22.5 Å². The van der Waals surface area contributed by atoms with Crippen LogP contribution in [0.2, 0.25) is 10.0 Å². The van der Waals surface area contributed by atoms with Gasteiger partial charge in [0.25, 0.3) is 0 Å². The quantitative estimate of drug-likeness (QED) is 0.362. The highest BCUT2D eigenvalue weighted by atomic mass is 35.5. The summed E-state index contributed by atoms with van der Waals surface area (Å²) in [6.45, 7) is 0.869. The van der Waals surface area contributed by atoms with E-state index in [4.69, 9.17) is 39.1 Å². The zero-order valence-electron chi connectivity index (χ0n) is 21.1. The van der Waals surface area contributed by atoms with Crippen LogP contribution in [0.25, 0.3) is 0 Å². The Morgan fingerprint density at radius 3 is 2.38 bits per heavy atom. The van der Waals surface area contributed by atoms with Gasteiger partial charge in [0.05, 0.1) is 24.2 Å². The maximum Gasteiger partial charge on any atom is 0.347 e. The maximum absolute atomic E-state index is 13.5. The number of hydrazone groups is 1. The largest absolute Gasteiger partial charge is 0.370 e. The van der Waals surface area contributed by atoms with E-state index in [2.05, 4.69) is 24.3 Å². The molecule has 0 bridgehead atoms. The van der Waals surface area contributed by atoms with Gasteiger partial charge in [-0.05, 0) is 59.4 Å². The van der Waals surface area contributed by atoms with Crippen molar-refractivity contribution < 1.29 is 4.79 Å². The van der Waals surface area contributed by atoms with Crippen molar-refractivity contribution in [2.75, 3.05) is 11.6 Å². The summed E-state index contributed by atoms with van der Waals surface area (Å²) < 4.78 is 2.88. The number of carbonyl (C=O) groups excluding carboxylic acids is 1. The van der Waals surface area contributed by atoms with Gasteiger partial charge in [-0.1, -0.05) is 71.7 Å². The summed E-state index contributed by atoms with van der Waals surface area (Å²) >= 11 is 12.2. The number of halogens is 2. The normalized spacial score (nSPS) is 18.0. The van der Waals surface area contributed by atoms with Crippen LogP contribution in [0.3, 0.4) is 0 Å². The topological polar surface area (TPSA) is 98.5 Å². The summed E-state index contributed by atoms with van der Waals surface area (Å²) in [5, 5.41) is 12.9. The predicted molar refractivity (Wildman–Crippen MR) is 153 cm³/mol. The lowest BCUT2D eigenvalue weighted by molar-refractivity contribution is -0.118. The number of aromatic nitrogens is 3. The molecule has 0 fully saturated rings. The molecular formula is C29H26Cl2N6O2. The Labute approximate surface area is 235 Å². The van der Waals surface area contributed by atoms with E-state index >= 15 is 0 Å². The number of benzene rings is 3. The van der Waals surface area contributed by atoms with Crippen molar-refractivity contribution in [2.45, 2.75) is 37.8 Å². The number of fused-ring (bicyclic) bond motifs is 2. The molecule has 0 radical (unpaired) electrons. The molecule has 1 spiro atoms. The number of hydrogen-bond acceptors (Lipinski definition) is 5. The minimum Gasteiger partial charge on any atom is -0.370 e. The van der Waals surface area contributed by atoms with Crippen LogP contribution in [-0.4, -0.2) is 32.5 Å². The number of amides is 1. The Morgan fingerprint density at radius 2 is 1.67 bits per heavy atom. The highest BCUT2D eigenvalue weighted by Crippen LogP contribution is 2.46. The molecule has 1 aliphatic heterocycles. The molecule has 1 amide bonds. The third-order valence-electron chi connectivity index (χ3n) is 7.53. The number of nitrogens with two attached hydrogens (primary N) is 1. The molecule has 3 aromatic carbocycles. The van der Waals surface area contributed by atoms with E-state index in [-0.39, 0.29) is 30.6 Å². The molecule has 1 atom stereocenters. The average Bonchev–Trinajstić information content (AvgIpc) is 3.59. The van der Waals surface area contributed by atoms with E-state index in [1.807, 2.05) is 36.4 Å². The molecule has 39 heavy (non-hydrogen) atoms. The lowest BCUT2D eigenvalue weighted by Crippen LogP contribution is -2.37. The monoisotopic (exact) mass is 560 g/mol. The molecule has 2 aliphatic rings. The third kappa shape index (κ3) is 4.64. The minimum absolute atomic E-state index is 0.00904. The zero-order chi connectivity index (χ0) is 27.1. The van der Waals surface area contributed by atoms with Crippen molar-refractivity contribution in [3.8, 4) is 0 Å². The van der Waals surface area contributed by atoms with E-state index in [1.165, 1.54) is 20.4 Å². The Kier molecular flexibility index (Phi) is 6.53. The smallest absolute Gasteiger partial charge is 0.347 e. The average molecular weight is 561 g/mol. The van der Waals surface area contributed by atoms with Crippen molar-refractivity contribution in [1.29, 1.82) is 0 Å². The Balaban J connectivity index is 1.46. The van der Waals surface area contributed by atoms with Crippen LogP contribution < -0.4 is 16.4 Å². The number of aryl methyl sites for hydroxylation is 1. The number of primary amides is 1. The van der Waals surface area contributed by atoms with Crippen molar-refractivity contribution >= 4 is 40.8 Å². The predicted octanol–water partition coefficient (Wildman–Crippen LogP) is 4.38. The SMILES string of the molecule is NC(=O)CCn1c(N2C[C@]3(CCc4ccccc43)C(c3ccc(Cl)cc3)=N2)nn(Cc2ccc(Cl)cc2)c1=O. The summed E-state index contributed by atoms with van der Waals surface area (Å²) in [6.07, 6.45) is 1.81. The second kappa shape index (κ2) is 10.0. The van der Waals surface area contributed by atoms with Gasteiger partial charge in [-0.25, -0.2) is 14.5 Å². The molecule has 0 unspecified atom stereocenters. The fourth-order valence-electron chi connectivity index (χ4n) is 5.64. The van der Waals surface area contributed by atoms with Gasteiger partial charge < -0.3 is 5.73 Å². The van der Waals surface area contributed by atoms with Gasteiger partial charge in [0.15, 0.2) is 0 Å². The molecule has 198 valence electrons. The molecule has 10 heteroatoms. The number of nitrogens with zero attached hydrogens (tertiary/aromatic N) is 5. The molecule has 6 rings (SSSR count). The molecule has 1 aromatic heterocycles. The second-order valence-electron chi connectivity index (χ2n) is 9.99. The zero-order valence-corrected chi connectivity index (χ0v) is 22.6. The Morgan fingerprint density at radius 1 is 0.974 bits per heavy atom. The van der Waals surface area contributed by atoms with Gasteiger partial charge in [-0.2, -0.15) is 5.10 Å². The summed E-state index contributed by atoms with van der Waals surface area (Å²) in [6, 6.07) is 23.4. The third-order valence-corrected chi connectivity index (χ3v) is 8.03. The van der Waals surface area contributed by atoms with Gasteiger partial charge in [0.1, 0.15) is 0 Å². The first-order valence-electron chi connectivity index (χ1n) is 12.8. The van der Waals surface area contributed by atoms with Gasteiger partial charge in [-0.15, -0.1) is 5.10 Å². The lowest BCUT2D eigenvalue weighted by Gasteiger charge is -2.27. The molecular weight excluding hydrogens is 535 g/mol. The maximum atomic E-state index is 13.5. The van der Waals surface area contributed by atoms with Crippen LogP contribution in [0.4, 0.5) is 5.95 Å². The van der Waals surface area contributed by atoms with E-state index in [0.717, 1.165) is 29.7 Å². The van der Waals surface area contributed by atoms with Crippen LogP contribution in [0.1, 0.15) is 35.1 Å². The molecule has 0 saturated heterocycles. The Hall–Kier alpha value is -3.88. The van der Waals surface area contributed by atoms with Crippen LogP contribution in [-0.2, 0) is 29.7 Å². The van der Waals surface area contributed by atoms with Gasteiger partial charge >= 0.3 is 5.69 Å². The fraction of sp³-hybridized carbons (Fsp3) is 0.241. The Bertz CT molecular complexity index is 1640. The minimum atomic E-state index is -0.494. The van der Waals surface area contributed by atoms with Crippen LogP contribution in [0.5, 0.6) is 0 Å². The van der Waals surface area contributed by atoms with E-state index < -0.39 is 5.91 Å². The van der Waals surface area contributed by atoms with E-state index in [9.17, 15) is 9.59 Å². The number of hydrogen-bond donors (Lipinski definition) is 1. The van der Waals surface area contributed by atoms with Crippen LogP contribution >= 0.6 is 23.2 Å². The highest BCUT2D eigenvalue weighted by molar-refractivity contribution is 6.31. The summed E-state index contributed by atoms with van der Waals surface area (Å²) in [4.78, 5) is 25.2. The fourth-order valence-corrected chi connectivity index (χ4v) is 5.89. The van der Waals surface area contributed by atoms with Gasteiger partial charge in [-0.3, -0.25) is 9.36 Å². The molecule has 0 saturated carbocycles. The second-order valence-corrected chi connectivity index (χ2v) is 10.9. The molecule has 4 aromatic rings. The first-order valence-corrected chi connectivity index (χ1v) is 13.5. The van der Waals surface area contributed by atoms with Crippen molar-refractivity contribution in [1.82, 2.24) is 14.3 Å². The van der Waals surface area contributed by atoms with Crippen LogP contribution in [0.15, 0.2) is 82.7 Å². The highest BCUT2D eigenvalue weighted by Gasteiger charge is 2.49. The van der Waals surface area contributed by atoms with Crippen molar-refractivity contribution in [3.05, 3.63) is 116 Å². The summed E-state index contributed by atoms with van der Waals surface area (Å²) in [5.41, 5.74) is 10.0. The van der Waals surface area contributed by atoms with E-state index in [1.54, 1.807) is 17.1 Å². The standard InChI is InChI=1S/C29H26Cl2N6O2/c30-22-9-5-19(6-10-22)17-36-28(39)35(16-14-25(32)38)27(34-36)37-18-29(15-13-20-3-1-2-4-24(20)29)26(33-37)21-7-11-23(31)12-8-21/h1-12H,13-18H2,(H2,32,38)/t29-/m0/s1. The van der Waals surface area contributed by atoms with Gasteiger partial charge in [0, 0.05) is 23.0 Å². The first-order chi connectivity index (χ1) is 18.8. The van der Waals surface area contributed by atoms with Gasteiger partial charge in [0.2, 0.25) is 11.9 Å². The summed E-state index contributed by atoms with van der Waals surface area (Å²) in [7, 11) is 0. The number of anilines is 1. The molecule has 1 aliphatic carbocycles. The molecule has 2 N–H and O–H groups in total. The van der Waals surface area contributed by atoms with Crippen LogP contribution in [0, 0.1) is 0 Å². The first kappa shape index (κ1) is 25.4. The van der Waals surface area contributed by atoms with Crippen molar-refractivity contribution in [2.24, 2.45) is 10.8 Å². The number of rotatable bonds is 7. The number of carbonyl (C=O) groups is 1.